The van der Waals surface area contributed by atoms with Crippen molar-refractivity contribution in [1.29, 1.82) is 0 Å². The Hall–Kier alpha value is -0.900. The quantitative estimate of drug-likeness (QED) is 0.441. The van der Waals surface area contributed by atoms with E-state index >= 15 is 0 Å². The molecule has 0 bridgehead atoms. The summed E-state index contributed by atoms with van der Waals surface area (Å²) in [5, 5.41) is 16.5. The van der Waals surface area contributed by atoms with Gasteiger partial charge in [0, 0.05) is 26.1 Å². The molecule has 1 aliphatic rings. The summed E-state index contributed by atoms with van der Waals surface area (Å²) in [6, 6.07) is 0. The van der Waals surface area contributed by atoms with Gasteiger partial charge >= 0.3 is 0 Å². The average molecular weight is 395 g/mol. The van der Waals surface area contributed by atoms with E-state index in [4.69, 9.17) is 4.52 Å². The molecule has 0 radical (unpaired) electrons. The number of aryl methyl sites for hydroxylation is 1. The minimum Gasteiger partial charge on any atom is -0.391 e. The SMILES string of the molecule is CCNC(=NCCc1nc(C)no1)N1CC[C@@H](O)C1.I. The van der Waals surface area contributed by atoms with E-state index in [2.05, 4.69) is 25.3 Å². The molecule has 1 atom stereocenters. The van der Waals surface area contributed by atoms with Gasteiger partial charge in [-0.1, -0.05) is 5.16 Å². The number of aliphatic hydroxyl groups excluding tert-OH is 1. The predicted molar refractivity (Wildman–Crippen MR) is 86.3 cm³/mol. The number of likely N-dealkylation sites (tertiary alicyclic amines) is 1. The first-order valence-corrected chi connectivity index (χ1v) is 6.69. The van der Waals surface area contributed by atoms with E-state index in [9.17, 15) is 5.11 Å². The first-order valence-electron chi connectivity index (χ1n) is 6.69. The normalized spacial score (nSPS) is 19.1. The van der Waals surface area contributed by atoms with Gasteiger partial charge in [-0.25, -0.2) is 0 Å². The predicted octanol–water partition coefficient (Wildman–Crippen LogP) is 0.571. The van der Waals surface area contributed by atoms with Gasteiger partial charge in [0.1, 0.15) is 0 Å². The molecular weight excluding hydrogens is 373 g/mol. The van der Waals surface area contributed by atoms with E-state index in [1.54, 1.807) is 6.92 Å². The van der Waals surface area contributed by atoms with E-state index in [1.807, 2.05) is 6.92 Å². The van der Waals surface area contributed by atoms with Crippen molar-refractivity contribution in [2.24, 2.45) is 4.99 Å². The number of β-amino-alcohol motifs (C(OH)–C–C–N with tert-alkyl or cyclic N) is 1. The van der Waals surface area contributed by atoms with Gasteiger partial charge in [0.05, 0.1) is 12.6 Å². The molecule has 1 aromatic rings. The molecular formula is C12H22IN5O2. The zero-order valence-electron chi connectivity index (χ0n) is 11.9. The molecule has 7 nitrogen and oxygen atoms in total. The van der Waals surface area contributed by atoms with Gasteiger partial charge in [-0.05, 0) is 20.3 Å². The van der Waals surface area contributed by atoms with E-state index in [1.165, 1.54) is 0 Å². The monoisotopic (exact) mass is 395 g/mol. The molecule has 2 heterocycles. The lowest BCUT2D eigenvalue weighted by molar-refractivity contribution is 0.188. The van der Waals surface area contributed by atoms with Gasteiger partial charge in [0.15, 0.2) is 11.8 Å². The smallest absolute Gasteiger partial charge is 0.228 e. The van der Waals surface area contributed by atoms with Crippen LogP contribution in [-0.4, -0.2) is 58.4 Å². The number of guanidine groups is 1. The molecule has 2 rings (SSSR count). The molecule has 114 valence electrons. The van der Waals surface area contributed by atoms with Crippen molar-refractivity contribution < 1.29 is 9.63 Å². The highest BCUT2D eigenvalue weighted by molar-refractivity contribution is 14.0. The fourth-order valence-corrected chi connectivity index (χ4v) is 2.06. The van der Waals surface area contributed by atoms with Crippen molar-refractivity contribution in [1.82, 2.24) is 20.4 Å². The van der Waals surface area contributed by atoms with Crippen LogP contribution in [0.25, 0.3) is 0 Å². The topological polar surface area (TPSA) is 86.8 Å². The molecule has 1 fully saturated rings. The average Bonchev–Trinajstić information content (AvgIpc) is 2.97. The number of hydrogen-bond donors (Lipinski definition) is 2. The summed E-state index contributed by atoms with van der Waals surface area (Å²) in [5.41, 5.74) is 0. The van der Waals surface area contributed by atoms with Crippen LogP contribution < -0.4 is 5.32 Å². The Bertz CT molecular complexity index is 437. The second-order valence-electron chi connectivity index (χ2n) is 4.61. The molecule has 2 N–H and O–H groups in total. The summed E-state index contributed by atoms with van der Waals surface area (Å²) >= 11 is 0. The van der Waals surface area contributed by atoms with Gasteiger partial charge in [-0.15, -0.1) is 24.0 Å². The summed E-state index contributed by atoms with van der Waals surface area (Å²) in [6.07, 6.45) is 1.18. The van der Waals surface area contributed by atoms with E-state index < -0.39 is 0 Å². The van der Waals surface area contributed by atoms with Crippen LogP contribution >= 0.6 is 24.0 Å². The van der Waals surface area contributed by atoms with Crippen LogP contribution in [-0.2, 0) is 6.42 Å². The maximum atomic E-state index is 9.57. The number of nitrogens with zero attached hydrogens (tertiary/aromatic N) is 4. The lowest BCUT2D eigenvalue weighted by Crippen LogP contribution is -2.40. The molecule has 20 heavy (non-hydrogen) atoms. The van der Waals surface area contributed by atoms with Crippen LogP contribution in [0, 0.1) is 6.92 Å². The van der Waals surface area contributed by atoms with Crippen molar-refractivity contribution in [3.8, 4) is 0 Å². The number of halogens is 1. The Labute approximate surface area is 135 Å². The van der Waals surface area contributed by atoms with Gasteiger partial charge < -0.3 is 19.8 Å². The fourth-order valence-electron chi connectivity index (χ4n) is 2.06. The van der Waals surface area contributed by atoms with Crippen molar-refractivity contribution in [2.75, 3.05) is 26.2 Å². The molecule has 8 heteroatoms. The van der Waals surface area contributed by atoms with Crippen LogP contribution in [0.5, 0.6) is 0 Å². The van der Waals surface area contributed by atoms with Crippen molar-refractivity contribution in [3.63, 3.8) is 0 Å². The Morgan fingerprint density at radius 2 is 2.40 bits per heavy atom. The van der Waals surface area contributed by atoms with Crippen LogP contribution in [0.4, 0.5) is 0 Å². The third kappa shape index (κ3) is 4.89. The number of aromatic nitrogens is 2. The van der Waals surface area contributed by atoms with Crippen LogP contribution in [0.2, 0.25) is 0 Å². The lowest BCUT2D eigenvalue weighted by atomic mass is 10.3. The van der Waals surface area contributed by atoms with Gasteiger partial charge in [-0.2, -0.15) is 4.98 Å². The first-order chi connectivity index (χ1) is 9.19. The molecule has 0 amide bonds. The summed E-state index contributed by atoms with van der Waals surface area (Å²) in [4.78, 5) is 10.7. The molecule has 1 aromatic heterocycles. The van der Waals surface area contributed by atoms with Crippen LogP contribution in [0.15, 0.2) is 9.52 Å². The lowest BCUT2D eigenvalue weighted by Gasteiger charge is -2.20. The fraction of sp³-hybridized carbons (Fsp3) is 0.750. The molecule has 1 aliphatic heterocycles. The van der Waals surface area contributed by atoms with Crippen molar-refractivity contribution in [3.05, 3.63) is 11.7 Å². The summed E-state index contributed by atoms with van der Waals surface area (Å²) in [6.45, 7) is 6.72. The maximum absolute atomic E-state index is 9.57. The summed E-state index contributed by atoms with van der Waals surface area (Å²) in [5.74, 6) is 2.10. The second-order valence-corrected chi connectivity index (χ2v) is 4.61. The van der Waals surface area contributed by atoms with E-state index in [0.717, 1.165) is 25.5 Å². The number of aliphatic imine (C=N–C) groups is 1. The van der Waals surface area contributed by atoms with E-state index in [0.29, 0.717) is 31.2 Å². The van der Waals surface area contributed by atoms with Crippen molar-refractivity contribution >= 4 is 29.9 Å². The third-order valence-corrected chi connectivity index (χ3v) is 2.95. The minimum absolute atomic E-state index is 0. The Morgan fingerprint density at radius 3 is 2.95 bits per heavy atom. The number of nitrogens with one attached hydrogen (secondary N) is 1. The Balaban J connectivity index is 0.00000200. The highest BCUT2D eigenvalue weighted by Gasteiger charge is 2.22. The highest BCUT2D eigenvalue weighted by Crippen LogP contribution is 2.08. The van der Waals surface area contributed by atoms with E-state index in [-0.39, 0.29) is 30.1 Å². The first kappa shape index (κ1) is 17.2. The van der Waals surface area contributed by atoms with Gasteiger partial charge in [-0.3, -0.25) is 4.99 Å². The number of rotatable bonds is 4. The zero-order valence-corrected chi connectivity index (χ0v) is 14.2. The van der Waals surface area contributed by atoms with Gasteiger partial charge in [0.25, 0.3) is 0 Å². The molecule has 1 saturated heterocycles. The highest BCUT2D eigenvalue weighted by atomic mass is 127. The largest absolute Gasteiger partial charge is 0.391 e. The Morgan fingerprint density at radius 1 is 1.60 bits per heavy atom. The maximum Gasteiger partial charge on any atom is 0.228 e. The van der Waals surface area contributed by atoms with Crippen molar-refractivity contribution in [2.45, 2.75) is 32.8 Å². The Kier molecular flexibility index (Phi) is 7.20. The minimum atomic E-state index is -0.248. The molecule has 0 unspecified atom stereocenters. The van der Waals surface area contributed by atoms with Crippen LogP contribution in [0.1, 0.15) is 25.1 Å². The standard InChI is InChI=1S/C12H21N5O2.HI/c1-3-13-12(17-7-5-10(18)8-17)14-6-4-11-15-9(2)16-19-11;/h10,18H,3-8H2,1-2H3,(H,13,14);1H/t10-;/m1./s1. The number of aliphatic hydroxyl groups is 1. The molecule has 0 spiro atoms. The summed E-state index contributed by atoms with van der Waals surface area (Å²) in [7, 11) is 0. The number of hydrogen-bond acceptors (Lipinski definition) is 5. The molecule has 0 saturated carbocycles. The summed E-state index contributed by atoms with van der Waals surface area (Å²) < 4.78 is 5.04. The molecule has 0 aromatic carbocycles. The van der Waals surface area contributed by atoms with Crippen LogP contribution in [0.3, 0.4) is 0 Å². The van der Waals surface area contributed by atoms with Gasteiger partial charge in [0.2, 0.25) is 5.89 Å². The third-order valence-electron chi connectivity index (χ3n) is 2.95. The zero-order chi connectivity index (χ0) is 13.7. The second kappa shape index (κ2) is 8.40. The molecule has 0 aliphatic carbocycles.